The van der Waals surface area contributed by atoms with Crippen LogP contribution in [0.25, 0.3) is 0 Å². The Morgan fingerprint density at radius 1 is 1.26 bits per heavy atom. The molecule has 3 rings (SSSR count). The first kappa shape index (κ1) is 25.2. The van der Waals surface area contributed by atoms with Gasteiger partial charge in [0.1, 0.15) is 23.6 Å². The molecule has 3 N–H and O–H groups in total. The molecule has 0 bridgehead atoms. The van der Waals surface area contributed by atoms with E-state index in [1.165, 1.54) is 23.9 Å². The van der Waals surface area contributed by atoms with Crippen LogP contribution in [0.2, 0.25) is 0 Å². The van der Waals surface area contributed by atoms with Gasteiger partial charge in [-0.25, -0.2) is 13.6 Å². The Labute approximate surface area is 192 Å². The number of hydrogen-bond acceptors (Lipinski definition) is 6. The molecule has 2 unspecified atom stereocenters. The summed E-state index contributed by atoms with van der Waals surface area (Å²) in [6, 6.07) is 3.84. The molecule has 0 radical (unpaired) electrons. The first-order chi connectivity index (χ1) is 15.7. The summed E-state index contributed by atoms with van der Waals surface area (Å²) in [7, 11) is -3.09. The normalized spacial score (nSPS) is 20.6. The van der Waals surface area contributed by atoms with Crippen LogP contribution >= 0.6 is 0 Å². The Morgan fingerprint density at radius 2 is 1.88 bits per heavy atom. The van der Waals surface area contributed by atoms with Crippen molar-refractivity contribution in [2.75, 3.05) is 0 Å². The number of benzene rings is 1. The van der Waals surface area contributed by atoms with E-state index >= 15 is 0 Å². The third kappa shape index (κ3) is 4.35. The molecule has 2 aromatic rings. The number of Topliss-reactive ketones (excluding diaryl/α,β-unsaturated/α-hetero) is 1. The summed E-state index contributed by atoms with van der Waals surface area (Å²) >= 11 is 0. The van der Waals surface area contributed by atoms with Crippen LogP contribution in [-0.4, -0.2) is 35.1 Å². The number of sulfonamides is 1. The second kappa shape index (κ2) is 8.72. The van der Waals surface area contributed by atoms with Crippen molar-refractivity contribution in [3.05, 3.63) is 70.4 Å². The molecule has 0 saturated heterocycles. The molecule has 182 valence electrons. The maximum atomic E-state index is 13.0. The van der Waals surface area contributed by atoms with Gasteiger partial charge in [-0.15, -0.1) is 0 Å². The van der Waals surface area contributed by atoms with Crippen LogP contribution in [0, 0.1) is 5.92 Å². The van der Waals surface area contributed by atoms with Gasteiger partial charge in [0, 0.05) is 12.6 Å². The topological polar surface area (TPSA) is 142 Å². The predicted octanol–water partition coefficient (Wildman–Crippen LogP) is 2.29. The second-order valence-corrected chi connectivity index (χ2v) is 9.11. The number of ketones is 1. The Kier molecular flexibility index (Phi) is 6.46. The fraction of sp³-hybridized carbons (Fsp3) is 0.286. The van der Waals surface area contributed by atoms with Crippen molar-refractivity contribution in [3.63, 3.8) is 0 Å². The van der Waals surface area contributed by atoms with Gasteiger partial charge in [0.25, 0.3) is 0 Å². The van der Waals surface area contributed by atoms with E-state index in [0.717, 1.165) is 43.5 Å². The number of rotatable bonds is 7. The third-order valence-corrected chi connectivity index (χ3v) is 6.65. The van der Waals surface area contributed by atoms with Gasteiger partial charge in [0.2, 0.25) is 10.0 Å². The van der Waals surface area contributed by atoms with Gasteiger partial charge in [-0.3, -0.25) is 14.3 Å². The van der Waals surface area contributed by atoms with Crippen LogP contribution in [0.3, 0.4) is 0 Å². The lowest BCUT2D eigenvalue weighted by molar-refractivity contribution is -0.144. The number of ether oxygens (including phenoxy) is 1. The summed E-state index contributed by atoms with van der Waals surface area (Å²) in [5.41, 5.74) is -3.04. The van der Waals surface area contributed by atoms with Gasteiger partial charge < -0.3 is 9.84 Å². The molecule has 0 aliphatic heterocycles. The molecule has 0 saturated carbocycles. The van der Waals surface area contributed by atoms with E-state index < -0.39 is 49.8 Å². The lowest BCUT2D eigenvalue weighted by Crippen LogP contribution is -2.50. The maximum Gasteiger partial charge on any atom is 0.416 e. The van der Waals surface area contributed by atoms with Crippen molar-refractivity contribution >= 4 is 21.8 Å². The highest BCUT2D eigenvalue weighted by Crippen LogP contribution is 2.46. The SMILES string of the molecule is CC(=O)C1(c2cnn(C)c2COc2ccc(C(F)(F)F)cc2)C(S(N)(=O)=O)=CC=CC1C(=O)O. The third-order valence-electron chi connectivity index (χ3n) is 5.58. The molecule has 2 atom stereocenters. The lowest BCUT2D eigenvalue weighted by atomic mass is 9.65. The molecule has 1 heterocycles. The molecule has 1 aliphatic carbocycles. The van der Waals surface area contributed by atoms with E-state index in [-0.39, 0.29) is 23.6 Å². The summed E-state index contributed by atoms with van der Waals surface area (Å²) in [4.78, 5) is 24.5. The number of carbonyl (C=O) groups is 2. The maximum absolute atomic E-state index is 13.0. The minimum atomic E-state index is -4.55. The van der Waals surface area contributed by atoms with Crippen molar-refractivity contribution in [1.29, 1.82) is 0 Å². The van der Waals surface area contributed by atoms with Crippen molar-refractivity contribution in [3.8, 4) is 5.75 Å². The highest BCUT2D eigenvalue weighted by Gasteiger charge is 2.56. The van der Waals surface area contributed by atoms with Crippen LogP contribution in [0.5, 0.6) is 5.75 Å². The number of nitrogens with zero attached hydrogens (tertiary/aromatic N) is 2. The van der Waals surface area contributed by atoms with Crippen LogP contribution in [0.4, 0.5) is 13.2 Å². The molecular weight excluding hydrogens is 479 g/mol. The molecule has 0 fully saturated rings. The highest BCUT2D eigenvalue weighted by atomic mass is 32.2. The Hall–Kier alpha value is -3.45. The number of alkyl halides is 3. The number of carboxylic acid groups (broad SMARTS) is 1. The number of carboxylic acids is 1. The first-order valence-corrected chi connectivity index (χ1v) is 11.2. The summed E-state index contributed by atoms with van der Waals surface area (Å²) in [6.07, 6.45) is 0.0451. The average Bonchev–Trinajstić information content (AvgIpc) is 3.10. The quantitative estimate of drug-likeness (QED) is 0.595. The summed E-state index contributed by atoms with van der Waals surface area (Å²) < 4.78 is 70.1. The molecule has 34 heavy (non-hydrogen) atoms. The molecule has 1 aromatic heterocycles. The Balaban J connectivity index is 2.11. The molecule has 0 amide bonds. The number of aryl methyl sites for hydroxylation is 1. The number of aliphatic carboxylic acids is 1. The zero-order valence-corrected chi connectivity index (χ0v) is 18.7. The number of halogens is 3. The van der Waals surface area contributed by atoms with E-state index in [0.29, 0.717) is 0 Å². The number of nitrogens with two attached hydrogens (primary N) is 1. The van der Waals surface area contributed by atoms with Crippen molar-refractivity contribution in [1.82, 2.24) is 9.78 Å². The van der Waals surface area contributed by atoms with E-state index in [2.05, 4.69) is 5.10 Å². The van der Waals surface area contributed by atoms with Gasteiger partial charge in [0.05, 0.1) is 28.3 Å². The number of allylic oxidation sites excluding steroid dienone is 3. The molecular formula is C21H20F3N3O6S. The monoisotopic (exact) mass is 499 g/mol. The summed E-state index contributed by atoms with van der Waals surface area (Å²) in [5, 5.41) is 19.3. The highest BCUT2D eigenvalue weighted by molar-refractivity contribution is 7.93. The summed E-state index contributed by atoms with van der Waals surface area (Å²) in [6.45, 7) is 0.682. The van der Waals surface area contributed by atoms with Crippen LogP contribution in [-0.2, 0) is 44.9 Å². The second-order valence-electron chi connectivity index (χ2n) is 7.58. The van der Waals surface area contributed by atoms with E-state index in [1.807, 2.05) is 0 Å². The zero-order valence-electron chi connectivity index (χ0n) is 17.9. The minimum absolute atomic E-state index is 0.0533. The fourth-order valence-corrected chi connectivity index (χ4v) is 5.11. The van der Waals surface area contributed by atoms with Gasteiger partial charge in [-0.2, -0.15) is 18.3 Å². The Bertz CT molecular complexity index is 1300. The van der Waals surface area contributed by atoms with Gasteiger partial charge >= 0.3 is 12.1 Å². The number of hydrogen-bond donors (Lipinski definition) is 2. The standard InChI is InChI=1S/C21H20F3N3O6S/c1-12(28)20(15(19(29)30)4-3-5-18(20)34(25,31)32)16-10-26-27(2)17(16)11-33-14-8-6-13(7-9-14)21(22,23)24/h3-10,15H,11H2,1-2H3,(H,29,30)(H2,25,31,32). The van der Waals surface area contributed by atoms with Crippen molar-refractivity contribution in [2.45, 2.75) is 25.1 Å². The molecule has 0 spiro atoms. The van der Waals surface area contributed by atoms with E-state index in [1.54, 1.807) is 0 Å². The number of carbonyl (C=O) groups excluding carboxylic acids is 1. The van der Waals surface area contributed by atoms with E-state index in [4.69, 9.17) is 9.88 Å². The first-order valence-electron chi connectivity index (χ1n) is 9.67. The fourth-order valence-electron chi connectivity index (χ4n) is 4.01. The van der Waals surface area contributed by atoms with Crippen LogP contribution < -0.4 is 9.88 Å². The van der Waals surface area contributed by atoms with Gasteiger partial charge in [0.15, 0.2) is 0 Å². The summed E-state index contributed by atoms with van der Waals surface area (Å²) in [5.74, 6) is -3.86. The molecule has 13 heteroatoms. The van der Waals surface area contributed by atoms with Gasteiger partial charge in [-0.05, 0) is 37.3 Å². The Morgan fingerprint density at radius 3 is 2.38 bits per heavy atom. The average molecular weight is 499 g/mol. The molecule has 1 aromatic carbocycles. The predicted molar refractivity (Wildman–Crippen MR) is 113 cm³/mol. The molecule has 1 aliphatic rings. The largest absolute Gasteiger partial charge is 0.487 e. The molecule has 9 nitrogen and oxygen atoms in total. The minimum Gasteiger partial charge on any atom is -0.487 e. The van der Waals surface area contributed by atoms with Gasteiger partial charge in [-0.1, -0.05) is 12.2 Å². The lowest BCUT2D eigenvalue weighted by Gasteiger charge is -2.38. The number of primary sulfonamides is 1. The van der Waals surface area contributed by atoms with Crippen LogP contribution in [0.15, 0.2) is 53.6 Å². The van der Waals surface area contributed by atoms with Crippen molar-refractivity contribution < 1.29 is 41.0 Å². The van der Waals surface area contributed by atoms with E-state index in [9.17, 15) is 36.3 Å². The number of aromatic nitrogens is 2. The van der Waals surface area contributed by atoms with Crippen molar-refractivity contribution in [2.24, 2.45) is 18.1 Å². The smallest absolute Gasteiger partial charge is 0.416 e. The van der Waals surface area contributed by atoms with Crippen LogP contribution in [0.1, 0.15) is 23.7 Å². The zero-order chi connectivity index (χ0) is 25.5.